The van der Waals surface area contributed by atoms with Crippen molar-refractivity contribution in [2.45, 2.75) is 31.3 Å². The Morgan fingerprint density at radius 1 is 1.04 bits per heavy atom. The topological polar surface area (TPSA) is 42.7 Å². The van der Waals surface area contributed by atoms with E-state index < -0.39 is 0 Å². The van der Waals surface area contributed by atoms with E-state index in [2.05, 4.69) is 35.2 Å². The fraction of sp³-hybridized carbons (Fsp3) is 0.381. The molecule has 4 nitrogen and oxygen atoms in total. The van der Waals surface area contributed by atoms with Crippen molar-refractivity contribution in [2.24, 2.45) is 0 Å². The molecule has 0 unspecified atom stereocenters. The van der Waals surface area contributed by atoms with Crippen molar-refractivity contribution in [1.29, 1.82) is 0 Å². The number of hydrogen-bond donors (Lipinski definition) is 0. The highest BCUT2D eigenvalue weighted by molar-refractivity contribution is 5.97. The molecule has 4 rings (SSSR count). The quantitative estimate of drug-likeness (QED) is 0.808. The lowest BCUT2D eigenvalue weighted by Gasteiger charge is -2.43. The average molecular weight is 374 g/mol. The van der Waals surface area contributed by atoms with Gasteiger partial charge in [0.2, 0.25) is 0 Å². The Hall–Kier alpha value is -2.04. The number of nitrogens with zero attached hydrogens (tertiary/aromatic N) is 1. The normalized spacial score (nSPS) is 19.5. The van der Waals surface area contributed by atoms with Crippen LogP contribution in [0.2, 0.25) is 0 Å². The molecule has 0 bridgehead atoms. The van der Waals surface area contributed by atoms with Gasteiger partial charge in [0.15, 0.2) is 17.3 Å². The summed E-state index contributed by atoms with van der Waals surface area (Å²) in [4.78, 5) is 14.7. The summed E-state index contributed by atoms with van der Waals surface area (Å²) >= 11 is 0. The number of allylic oxidation sites excluding steroid dienone is 1. The van der Waals surface area contributed by atoms with E-state index >= 15 is 0 Å². The maximum absolute atomic E-state index is 12.2. The Labute approximate surface area is 160 Å². The molecule has 1 aromatic carbocycles. The molecule has 26 heavy (non-hydrogen) atoms. The van der Waals surface area contributed by atoms with Crippen LogP contribution < -0.4 is 0 Å². The highest BCUT2D eigenvalue weighted by Crippen LogP contribution is 2.38. The van der Waals surface area contributed by atoms with Gasteiger partial charge >= 0.3 is 0 Å². The summed E-state index contributed by atoms with van der Waals surface area (Å²) in [7, 11) is 0. The van der Waals surface area contributed by atoms with Gasteiger partial charge in [-0.1, -0.05) is 30.3 Å². The number of benzene rings is 1. The van der Waals surface area contributed by atoms with E-state index in [9.17, 15) is 4.79 Å². The van der Waals surface area contributed by atoms with E-state index in [0.717, 1.165) is 38.9 Å². The first kappa shape index (κ1) is 18.7. The minimum absolute atomic E-state index is 0. The molecule has 1 aromatic heterocycles. The molecule has 3 heterocycles. The van der Waals surface area contributed by atoms with Crippen LogP contribution in [-0.2, 0) is 16.0 Å². The molecule has 0 radical (unpaired) electrons. The minimum atomic E-state index is -0.364. The monoisotopic (exact) mass is 373 g/mol. The second-order valence-corrected chi connectivity index (χ2v) is 6.99. The van der Waals surface area contributed by atoms with Crippen molar-refractivity contribution < 1.29 is 13.9 Å². The van der Waals surface area contributed by atoms with Crippen LogP contribution in [0.3, 0.4) is 0 Å². The lowest BCUT2D eigenvalue weighted by molar-refractivity contribution is -0.124. The third kappa shape index (κ3) is 4.19. The highest BCUT2D eigenvalue weighted by Gasteiger charge is 2.41. The van der Waals surface area contributed by atoms with Gasteiger partial charge in [-0.25, -0.2) is 0 Å². The van der Waals surface area contributed by atoms with Gasteiger partial charge in [0.25, 0.3) is 0 Å². The van der Waals surface area contributed by atoms with Crippen LogP contribution in [0.15, 0.2) is 59.2 Å². The predicted octanol–water partition coefficient (Wildman–Crippen LogP) is 4.11. The molecule has 5 heteroatoms. The number of ketones is 1. The molecule has 1 saturated heterocycles. The lowest BCUT2D eigenvalue weighted by atomic mass is 9.84. The standard InChI is InChI=1S/C21H23NO3.ClH/c23-18-15-20(19-7-4-14-24-19)25-21(16-18)9-12-22(13-10-21)11-8-17-5-2-1-3-6-17;/h1-7,14-15H,8-13,16H2;1H. The molecule has 0 saturated carbocycles. The zero-order valence-corrected chi connectivity index (χ0v) is 15.5. The molecule has 0 aliphatic carbocycles. The summed E-state index contributed by atoms with van der Waals surface area (Å²) in [5, 5.41) is 0. The van der Waals surface area contributed by atoms with Gasteiger partial charge in [0, 0.05) is 38.6 Å². The zero-order valence-electron chi connectivity index (χ0n) is 14.7. The Morgan fingerprint density at radius 2 is 1.81 bits per heavy atom. The number of furan rings is 1. The summed E-state index contributed by atoms with van der Waals surface area (Å²) in [6.45, 7) is 2.98. The number of hydrogen-bond acceptors (Lipinski definition) is 4. The fourth-order valence-corrected chi connectivity index (χ4v) is 3.75. The summed E-state index contributed by atoms with van der Waals surface area (Å²) in [5.74, 6) is 1.35. The molecule has 0 atom stereocenters. The molecule has 0 N–H and O–H groups in total. The largest absolute Gasteiger partial charge is 0.483 e. The molecule has 1 spiro atoms. The Bertz CT molecular complexity index is 747. The van der Waals surface area contributed by atoms with Gasteiger partial charge in [-0.2, -0.15) is 0 Å². The van der Waals surface area contributed by atoms with Crippen LogP contribution in [0, 0.1) is 0 Å². The van der Waals surface area contributed by atoms with Gasteiger partial charge in [-0.3, -0.25) is 4.79 Å². The molecule has 0 amide bonds. The van der Waals surface area contributed by atoms with Crippen molar-refractivity contribution in [3.05, 3.63) is 66.1 Å². The lowest BCUT2D eigenvalue weighted by Crippen LogP contribution is -2.48. The number of ether oxygens (including phenoxy) is 1. The van der Waals surface area contributed by atoms with E-state index in [4.69, 9.17) is 9.15 Å². The number of carbonyl (C=O) groups excluding carboxylic acids is 1. The second kappa shape index (κ2) is 8.11. The van der Waals surface area contributed by atoms with Crippen LogP contribution in [0.25, 0.3) is 5.76 Å². The molecule has 138 valence electrons. The van der Waals surface area contributed by atoms with E-state index in [1.807, 2.05) is 12.1 Å². The third-order valence-corrected chi connectivity index (χ3v) is 5.21. The zero-order chi connectivity index (χ0) is 17.1. The van der Waals surface area contributed by atoms with Crippen LogP contribution >= 0.6 is 12.4 Å². The Morgan fingerprint density at radius 3 is 2.50 bits per heavy atom. The van der Waals surface area contributed by atoms with Gasteiger partial charge in [0.1, 0.15) is 5.60 Å². The predicted molar refractivity (Wildman–Crippen MR) is 103 cm³/mol. The molecular weight excluding hydrogens is 350 g/mol. The molecule has 2 aliphatic rings. The maximum atomic E-state index is 12.2. The van der Waals surface area contributed by atoms with Gasteiger partial charge in [0.05, 0.1) is 12.7 Å². The molecular formula is C21H24ClNO3. The van der Waals surface area contributed by atoms with E-state index in [1.54, 1.807) is 12.3 Å². The second-order valence-electron chi connectivity index (χ2n) is 6.99. The van der Waals surface area contributed by atoms with E-state index in [-0.39, 0.29) is 23.8 Å². The number of likely N-dealkylation sites (tertiary alicyclic amines) is 1. The number of carbonyl (C=O) groups is 1. The minimum Gasteiger partial charge on any atom is -0.483 e. The van der Waals surface area contributed by atoms with Crippen molar-refractivity contribution in [2.75, 3.05) is 19.6 Å². The van der Waals surface area contributed by atoms with Crippen molar-refractivity contribution in [3.63, 3.8) is 0 Å². The fourth-order valence-electron chi connectivity index (χ4n) is 3.75. The van der Waals surface area contributed by atoms with Gasteiger partial charge in [-0.05, 0) is 24.1 Å². The maximum Gasteiger partial charge on any atom is 0.168 e. The van der Waals surface area contributed by atoms with E-state index in [1.165, 1.54) is 5.56 Å². The van der Waals surface area contributed by atoms with Crippen LogP contribution in [0.1, 0.15) is 30.6 Å². The Balaban J connectivity index is 0.00000196. The number of piperidine rings is 1. The average Bonchev–Trinajstić information content (AvgIpc) is 3.16. The Kier molecular flexibility index (Phi) is 5.84. The summed E-state index contributed by atoms with van der Waals surface area (Å²) in [6, 6.07) is 14.2. The number of halogens is 1. The molecule has 2 aromatic rings. The van der Waals surface area contributed by atoms with Crippen LogP contribution in [0.5, 0.6) is 0 Å². The first-order valence-corrected chi connectivity index (χ1v) is 8.96. The summed E-state index contributed by atoms with van der Waals surface area (Å²) in [6.07, 6.45) is 6.48. The van der Waals surface area contributed by atoms with Crippen molar-refractivity contribution >= 4 is 23.9 Å². The van der Waals surface area contributed by atoms with Crippen molar-refractivity contribution in [1.82, 2.24) is 4.90 Å². The van der Waals surface area contributed by atoms with Gasteiger partial charge < -0.3 is 14.1 Å². The summed E-state index contributed by atoms with van der Waals surface area (Å²) in [5.41, 5.74) is 1.01. The molecule has 2 aliphatic heterocycles. The smallest absolute Gasteiger partial charge is 0.168 e. The number of rotatable bonds is 4. The van der Waals surface area contributed by atoms with E-state index in [0.29, 0.717) is 17.9 Å². The van der Waals surface area contributed by atoms with Crippen molar-refractivity contribution in [3.8, 4) is 0 Å². The summed E-state index contributed by atoms with van der Waals surface area (Å²) < 4.78 is 11.7. The first-order chi connectivity index (χ1) is 12.2. The van der Waals surface area contributed by atoms with Crippen LogP contribution in [0.4, 0.5) is 0 Å². The SMILES string of the molecule is Cl.O=C1C=C(c2ccco2)OC2(CCN(CCc3ccccc3)CC2)C1. The third-order valence-electron chi connectivity index (χ3n) is 5.21. The highest BCUT2D eigenvalue weighted by atomic mass is 35.5. The first-order valence-electron chi connectivity index (χ1n) is 8.96. The van der Waals surface area contributed by atoms with Crippen LogP contribution in [-0.4, -0.2) is 35.9 Å². The van der Waals surface area contributed by atoms with Gasteiger partial charge in [-0.15, -0.1) is 12.4 Å². The molecule has 1 fully saturated rings.